The summed E-state index contributed by atoms with van der Waals surface area (Å²) < 4.78 is 30.8. The van der Waals surface area contributed by atoms with Gasteiger partial charge in [-0.2, -0.15) is 0 Å². The second kappa shape index (κ2) is 7.79. The molecule has 0 fully saturated rings. The predicted molar refractivity (Wildman–Crippen MR) is 71.0 cm³/mol. The maximum atomic E-state index is 12.7. The third-order valence-electron chi connectivity index (χ3n) is 2.58. The van der Waals surface area contributed by atoms with E-state index in [-0.39, 0.29) is 6.42 Å². The number of rotatable bonds is 8. The normalized spacial score (nSPS) is 11.2. The first-order chi connectivity index (χ1) is 9.43. The summed E-state index contributed by atoms with van der Waals surface area (Å²) >= 11 is 0. The summed E-state index contributed by atoms with van der Waals surface area (Å²) in [5, 5.41) is 10.4. The van der Waals surface area contributed by atoms with Crippen molar-refractivity contribution in [1.29, 1.82) is 0 Å². The van der Waals surface area contributed by atoms with Crippen molar-refractivity contribution in [2.45, 2.75) is 25.7 Å². The molecule has 0 unspecified atom stereocenters. The van der Waals surface area contributed by atoms with Crippen LogP contribution in [0.1, 0.15) is 18.4 Å². The minimum absolute atomic E-state index is 0.104. The van der Waals surface area contributed by atoms with E-state index < -0.39 is 25.0 Å². The molecule has 1 amide bonds. The molecular weight excluding hydrogens is 268 g/mol. The van der Waals surface area contributed by atoms with E-state index >= 15 is 0 Å². The Bertz CT molecular complexity index is 438. The number of aliphatic hydroxyl groups is 1. The third kappa shape index (κ3) is 6.47. The molecule has 0 saturated heterocycles. The highest BCUT2D eigenvalue weighted by molar-refractivity contribution is 5.75. The number of amides is 1. The second-order valence-electron chi connectivity index (χ2n) is 4.56. The molecule has 0 heterocycles. The fourth-order valence-electron chi connectivity index (χ4n) is 1.50. The number of carbonyl (C=O) groups is 1. The van der Waals surface area contributed by atoms with Crippen molar-refractivity contribution in [3.63, 3.8) is 0 Å². The van der Waals surface area contributed by atoms with E-state index in [0.717, 1.165) is 11.3 Å². The molecule has 112 valence electrons. The first-order valence-electron chi connectivity index (χ1n) is 6.38. The predicted octanol–water partition coefficient (Wildman–Crippen LogP) is 1.90. The maximum absolute atomic E-state index is 12.7. The molecule has 20 heavy (non-hydrogen) atoms. The smallest absolute Gasteiger partial charge is 0.287 e. The SMILES string of the molecule is Cc1cccc(OCCCC(=O)NCC(F)(F)CO)c1. The average Bonchev–Trinajstić information content (AvgIpc) is 2.42. The largest absolute Gasteiger partial charge is 0.494 e. The fraction of sp³-hybridized carbons (Fsp3) is 0.500. The summed E-state index contributed by atoms with van der Waals surface area (Å²) in [4.78, 5) is 11.3. The zero-order chi connectivity index (χ0) is 15.0. The number of hydrogen-bond acceptors (Lipinski definition) is 3. The molecule has 0 spiro atoms. The molecule has 0 radical (unpaired) electrons. The molecule has 1 aromatic carbocycles. The zero-order valence-electron chi connectivity index (χ0n) is 11.4. The van der Waals surface area contributed by atoms with Crippen LogP contribution in [0.15, 0.2) is 24.3 Å². The van der Waals surface area contributed by atoms with E-state index in [0.29, 0.717) is 13.0 Å². The molecule has 1 rings (SSSR count). The number of nitrogens with one attached hydrogen (secondary N) is 1. The van der Waals surface area contributed by atoms with Crippen molar-refractivity contribution in [3.8, 4) is 5.75 Å². The molecule has 0 atom stereocenters. The Balaban J connectivity index is 2.16. The van der Waals surface area contributed by atoms with Crippen LogP contribution in [0.5, 0.6) is 5.75 Å². The number of aliphatic hydroxyl groups excluding tert-OH is 1. The highest BCUT2D eigenvalue weighted by Crippen LogP contribution is 2.13. The van der Waals surface area contributed by atoms with E-state index in [1.807, 2.05) is 31.2 Å². The van der Waals surface area contributed by atoms with Crippen LogP contribution in [-0.4, -0.2) is 36.7 Å². The Labute approximate surface area is 116 Å². The minimum Gasteiger partial charge on any atom is -0.494 e. The zero-order valence-corrected chi connectivity index (χ0v) is 11.4. The average molecular weight is 287 g/mol. The maximum Gasteiger partial charge on any atom is 0.287 e. The van der Waals surface area contributed by atoms with Crippen LogP contribution in [0.4, 0.5) is 8.78 Å². The van der Waals surface area contributed by atoms with Crippen LogP contribution in [0.2, 0.25) is 0 Å². The second-order valence-corrected chi connectivity index (χ2v) is 4.56. The van der Waals surface area contributed by atoms with Gasteiger partial charge < -0.3 is 15.2 Å². The van der Waals surface area contributed by atoms with Crippen LogP contribution < -0.4 is 10.1 Å². The van der Waals surface area contributed by atoms with Gasteiger partial charge in [0.1, 0.15) is 12.4 Å². The van der Waals surface area contributed by atoms with Gasteiger partial charge in [-0.05, 0) is 31.0 Å². The van der Waals surface area contributed by atoms with Crippen LogP contribution >= 0.6 is 0 Å². The van der Waals surface area contributed by atoms with Gasteiger partial charge in [-0.15, -0.1) is 0 Å². The molecule has 0 bridgehead atoms. The topological polar surface area (TPSA) is 58.6 Å². The molecule has 6 heteroatoms. The van der Waals surface area contributed by atoms with Crippen molar-refractivity contribution < 1.29 is 23.4 Å². The van der Waals surface area contributed by atoms with Crippen LogP contribution in [0.3, 0.4) is 0 Å². The van der Waals surface area contributed by atoms with Crippen molar-refractivity contribution in [3.05, 3.63) is 29.8 Å². The van der Waals surface area contributed by atoms with Gasteiger partial charge >= 0.3 is 0 Å². The standard InChI is InChI=1S/C14H19F2NO3/c1-11-4-2-5-12(8-11)20-7-3-6-13(19)17-9-14(15,16)10-18/h2,4-5,8,18H,3,6-7,9-10H2,1H3,(H,17,19). The van der Waals surface area contributed by atoms with Crippen LogP contribution in [0.25, 0.3) is 0 Å². The summed E-state index contributed by atoms with van der Waals surface area (Å²) in [6, 6.07) is 7.51. The molecule has 0 aliphatic carbocycles. The molecule has 0 aromatic heterocycles. The Morgan fingerprint density at radius 1 is 1.45 bits per heavy atom. The summed E-state index contributed by atoms with van der Waals surface area (Å²) in [5.74, 6) is -3.03. The Morgan fingerprint density at radius 3 is 2.85 bits per heavy atom. The Morgan fingerprint density at radius 2 is 2.20 bits per heavy atom. The lowest BCUT2D eigenvalue weighted by molar-refractivity contribution is -0.124. The molecule has 0 aliphatic heterocycles. The molecule has 0 aliphatic rings. The van der Waals surface area contributed by atoms with Crippen molar-refractivity contribution >= 4 is 5.91 Å². The lowest BCUT2D eigenvalue weighted by Gasteiger charge is -2.13. The van der Waals surface area contributed by atoms with Crippen molar-refractivity contribution in [2.75, 3.05) is 19.8 Å². The van der Waals surface area contributed by atoms with Gasteiger partial charge in [-0.3, -0.25) is 4.79 Å². The number of halogens is 2. The van der Waals surface area contributed by atoms with Crippen molar-refractivity contribution in [1.82, 2.24) is 5.32 Å². The van der Waals surface area contributed by atoms with Gasteiger partial charge in [0.05, 0.1) is 13.2 Å². The van der Waals surface area contributed by atoms with E-state index in [4.69, 9.17) is 9.84 Å². The van der Waals surface area contributed by atoms with Gasteiger partial charge in [0.15, 0.2) is 0 Å². The highest BCUT2D eigenvalue weighted by Gasteiger charge is 2.27. The summed E-state index contributed by atoms with van der Waals surface area (Å²) in [6.07, 6.45) is 0.539. The van der Waals surface area contributed by atoms with E-state index in [1.54, 1.807) is 0 Å². The number of ether oxygens (including phenoxy) is 1. The van der Waals surface area contributed by atoms with E-state index in [9.17, 15) is 13.6 Å². The summed E-state index contributed by atoms with van der Waals surface area (Å²) in [6.45, 7) is 0.166. The van der Waals surface area contributed by atoms with Crippen molar-refractivity contribution in [2.24, 2.45) is 0 Å². The Hall–Kier alpha value is -1.69. The molecular formula is C14H19F2NO3. The number of alkyl halides is 2. The molecule has 1 aromatic rings. The van der Waals surface area contributed by atoms with E-state index in [1.165, 1.54) is 0 Å². The van der Waals surface area contributed by atoms with Crippen LogP contribution in [-0.2, 0) is 4.79 Å². The molecule has 0 saturated carbocycles. The van der Waals surface area contributed by atoms with Gasteiger partial charge in [-0.25, -0.2) is 8.78 Å². The van der Waals surface area contributed by atoms with Gasteiger partial charge in [-0.1, -0.05) is 12.1 Å². The first-order valence-corrected chi connectivity index (χ1v) is 6.38. The monoisotopic (exact) mass is 287 g/mol. The quantitative estimate of drug-likeness (QED) is 0.718. The third-order valence-corrected chi connectivity index (χ3v) is 2.58. The fourth-order valence-corrected chi connectivity index (χ4v) is 1.50. The lowest BCUT2D eigenvalue weighted by atomic mass is 10.2. The molecule has 2 N–H and O–H groups in total. The molecule has 4 nitrogen and oxygen atoms in total. The number of hydrogen-bond donors (Lipinski definition) is 2. The van der Waals surface area contributed by atoms with Gasteiger partial charge in [0.25, 0.3) is 5.92 Å². The summed E-state index contributed by atoms with van der Waals surface area (Å²) in [5.41, 5.74) is 1.08. The minimum atomic E-state index is -3.27. The number of benzene rings is 1. The number of carbonyl (C=O) groups excluding carboxylic acids is 1. The lowest BCUT2D eigenvalue weighted by Crippen LogP contribution is -2.38. The first kappa shape index (κ1) is 16.4. The van der Waals surface area contributed by atoms with E-state index in [2.05, 4.69) is 5.32 Å². The Kier molecular flexibility index (Phi) is 6.38. The van der Waals surface area contributed by atoms with Gasteiger partial charge in [0.2, 0.25) is 5.91 Å². The highest BCUT2D eigenvalue weighted by atomic mass is 19.3. The number of aryl methyl sites for hydroxylation is 1. The summed E-state index contributed by atoms with van der Waals surface area (Å²) in [7, 11) is 0. The van der Waals surface area contributed by atoms with Gasteiger partial charge in [0, 0.05) is 6.42 Å². The van der Waals surface area contributed by atoms with Crippen LogP contribution in [0, 0.1) is 6.92 Å².